The van der Waals surface area contributed by atoms with E-state index in [4.69, 9.17) is 0 Å². The third-order valence-electron chi connectivity index (χ3n) is 4.48. The lowest BCUT2D eigenvalue weighted by molar-refractivity contribution is -0.137. The number of nitrogens with zero attached hydrogens (tertiary/aromatic N) is 3. The van der Waals surface area contributed by atoms with Gasteiger partial charge in [-0.3, -0.25) is 4.79 Å². The van der Waals surface area contributed by atoms with Crippen LogP contribution >= 0.6 is 0 Å². The molecule has 0 unspecified atom stereocenters. The molecule has 5 nitrogen and oxygen atoms in total. The van der Waals surface area contributed by atoms with Crippen molar-refractivity contribution in [2.24, 2.45) is 0 Å². The molecule has 1 amide bonds. The fourth-order valence-electron chi connectivity index (χ4n) is 3.11. The molecular formula is C20H15F3N4O. The molecule has 2 heterocycles. The molecular weight excluding hydrogens is 369 g/mol. The van der Waals surface area contributed by atoms with Crippen LogP contribution < -0.4 is 10.2 Å². The van der Waals surface area contributed by atoms with Crippen LogP contribution in [0.4, 0.5) is 30.5 Å². The van der Waals surface area contributed by atoms with Crippen LogP contribution in [0.15, 0.2) is 60.9 Å². The normalized spacial score (nSPS) is 13.3. The van der Waals surface area contributed by atoms with Crippen molar-refractivity contribution in [1.82, 2.24) is 9.97 Å². The second-order valence-corrected chi connectivity index (χ2v) is 6.33. The molecule has 0 spiro atoms. The number of nitrogens with one attached hydrogen (secondary N) is 1. The monoisotopic (exact) mass is 384 g/mol. The summed E-state index contributed by atoms with van der Waals surface area (Å²) >= 11 is 0. The van der Waals surface area contributed by atoms with Gasteiger partial charge in [0, 0.05) is 30.3 Å². The van der Waals surface area contributed by atoms with Gasteiger partial charge in [-0.25, -0.2) is 9.97 Å². The van der Waals surface area contributed by atoms with Crippen molar-refractivity contribution in [1.29, 1.82) is 0 Å². The van der Waals surface area contributed by atoms with Crippen molar-refractivity contribution in [3.8, 4) is 0 Å². The Balaban J connectivity index is 1.50. The van der Waals surface area contributed by atoms with E-state index < -0.39 is 11.7 Å². The summed E-state index contributed by atoms with van der Waals surface area (Å²) in [7, 11) is 0. The maximum absolute atomic E-state index is 12.8. The molecule has 0 atom stereocenters. The molecule has 0 bridgehead atoms. The second kappa shape index (κ2) is 6.95. The third kappa shape index (κ3) is 3.53. The third-order valence-corrected chi connectivity index (χ3v) is 4.48. The van der Waals surface area contributed by atoms with Crippen LogP contribution in [-0.4, -0.2) is 22.4 Å². The minimum absolute atomic E-state index is 0.109. The molecule has 2 aromatic carbocycles. The summed E-state index contributed by atoms with van der Waals surface area (Å²) in [6.07, 6.45) is -0.906. The molecule has 142 valence electrons. The Morgan fingerprint density at radius 3 is 2.54 bits per heavy atom. The number of carbonyl (C=O) groups is 1. The Labute approximate surface area is 158 Å². The average molecular weight is 384 g/mol. The highest BCUT2D eigenvalue weighted by Gasteiger charge is 2.30. The number of halogens is 3. The van der Waals surface area contributed by atoms with E-state index >= 15 is 0 Å². The number of alkyl halides is 3. The lowest BCUT2D eigenvalue weighted by Crippen LogP contribution is -2.29. The first-order chi connectivity index (χ1) is 13.4. The molecule has 0 saturated heterocycles. The topological polar surface area (TPSA) is 58.1 Å². The van der Waals surface area contributed by atoms with Crippen molar-refractivity contribution in [2.75, 3.05) is 16.8 Å². The van der Waals surface area contributed by atoms with Crippen molar-refractivity contribution >= 4 is 23.2 Å². The number of para-hydroxylation sites is 1. The molecule has 0 aliphatic carbocycles. The Hall–Kier alpha value is -3.42. The average Bonchev–Trinajstić information content (AvgIpc) is 3.12. The lowest BCUT2D eigenvalue weighted by atomic mass is 10.2. The van der Waals surface area contributed by atoms with Crippen LogP contribution in [0.3, 0.4) is 0 Å². The smallest absolute Gasteiger partial charge is 0.324 e. The summed E-state index contributed by atoms with van der Waals surface area (Å²) in [6.45, 7) is 0.586. The van der Waals surface area contributed by atoms with Crippen molar-refractivity contribution in [3.05, 3.63) is 77.6 Å². The quantitative estimate of drug-likeness (QED) is 0.725. The fraction of sp³-hybridized carbons (Fsp3) is 0.150. The largest absolute Gasteiger partial charge is 0.416 e. The van der Waals surface area contributed by atoms with Crippen LogP contribution in [0, 0.1) is 0 Å². The summed E-state index contributed by atoms with van der Waals surface area (Å²) in [6, 6.07) is 12.4. The first kappa shape index (κ1) is 18.0. The predicted molar refractivity (Wildman–Crippen MR) is 98.6 cm³/mol. The number of anilines is 3. The van der Waals surface area contributed by atoms with E-state index in [9.17, 15) is 18.0 Å². The van der Waals surface area contributed by atoms with E-state index in [1.165, 1.54) is 24.5 Å². The summed E-state index contributed by atoms with van der Waals surface area (Å²) in [5, 5.41) is 2.72. The number of rotatable bonds is 3. The van der Waals surface area contributed by atoms with Crippen molar-refractivity contribution < 1.29 is 18.0 Å². The molecule has 1 aliphatic rings. The molecule has 4 rings (SSSR count). The zero-order valence-electron chi connectivity index (χ0n) is 14.6. The van der Waals surface area contributed by atoms with Gasteiger partial charge in [0.05, 0.1) is 11.1 Å². The Morgan fingerprint density at radius 1 is 1.04 bits per heavy atom. The summed E-state index contributed by atoms with van der Waals surface area (Å²) in [5.74, 6) is -0.103. The Morgan fingerprint density at radius 2 is 1.79 bits per heavy atom. The lowest BCUT2D eigenvalue weighted by Gasteiger charge is -2.17. The summed E-state index contributed by atoms with van der Waals surface area (Å²) in [4.78, 5) is 22.5. The highest BCUT2D eigenvalue weighted by atomic mass is 19.4. The van der Waals surface area contributed by atoms with Gasteiger partial charge in [-0.05, 0) is 36.2 Å². The van der Waals surface area contributed by atoms with Gasteiger partial charge in [-0.1, -0.05) is 24.3 Å². The molecule has 28 heavy (non-hydrogen) atoms. The zero-order chi connectivity index (χ0) is 19.7. The molecule has 1 aliphatic heterocycles. The van der Waals surface area contributed by atoms with Gasteiger partial charge in [0.25, 0.3) is 5.91 Å². The summed E-state index contributed by atoms with van der Waals surface area (Å²) < 4.78 is 38.4. The van der Waals surface area contributed by atoms with Crippen LogP contribution in [0.5, 0.6) is 0 Å². The van der Waals surface area contributed by atoms with Crippen LogP contribution in [-0.2, 0) is 12.6 Å². The Kier molecular flexibility index (Phi) is 4.46. The minimum atomic E-state index is -4.43. The molecule has 1 N–H and O–H groups in total. The minimum Gasteiger partial charge on any atom is -0.324 e. The Bertz CT molecular complexity index is 1020. The van der Waals surface area contributed by atoms with Crippen LogP contribution in [0.2, 0.25) is 0 Å². The van der Waals surface area contributed by atoms with Gasteiger partial charge < -0.3 is 10.2 Å². The summed E-state index contributed by atoms with van der Waals surface area (Å²) in [5.41, 5.74) is 1.74. The maximum Gasteiger partial charge on any atom is 0.416 e. The number of carbonyl (C=O) groups excluding carboxylic acids is 1. The zero-order valence-corrected chi connectivity index (χ0v) is 14.6. The molecule has 1 aromatic heterocycles. The number of aromatic nitrogens is 2. The van der Waals surface area contributed by atoms with E-state index in [-0.39, 0.29) is 17.5 Å². The predicted octanol–water partition coefficient (Wildman–Crippen LogP) is 4.44. The van der Waals surface area contributed by atoms with E-state index in [1.807, 2.05) is 24.3 Å². The first-order valence-electron chi connectivity index (χ1n) is 8.58. The number of hydrogen-bond donors (Lipinski definition) is 1. The van der Waals surface area contributed by atoms with E-state index in [2.05, 4.69) is 15.3 Å². The van der Waals surface area contributed by atoms with E-state index in [0.29, 0.717) is 12.1 Å². The standard InChI is InChI=1S/C20H15F3N4O/c21-20(22,23)15-5-3-6-16(10-15)26-19-24-11-14(12-25-19)18(28)27-9-8-13-4-1-2-7-17(13)27/h1-7,10-12H,8-9H2,(H,24,25,26). The fourth-order valence-corrected chi connectivity index (χ4v) is 3.11. The van der Waals surface area contributed by atoms with Crippen molar-refractivity contribution in [3.63, 3.8) is 0 Å². The van der Waals surface area contributed by atoms with Crippen LogP contribution in [0.1, 0.15) is 21.5 Å². The number of fused-ring (bicyclic) bond motifs is 1. The number of benzene rings is 2. The highest BCUT2D eigenvalue weighted by Crippen LogP contribution is 2.31. The van der Waals surface area contributed by atoms with Gasteiger partial charge in [0.1, 0.15) is 0 Å². The molecule has 8 heteroatoms. The SMILES string of the molecule is O=C(c1cnc(Nc2cccc(C(F)(F)F)c2)nc1)N1CCc2ccccc21. The second-order valence-electron chi connectivity index (χ2n) is 6.33. The highest BCUT2D eigenvalue weighted by molar-refractivity contribution is 6.07. The molecule has 0 fully saturated rings. The van der Waals surface area contributed by atoms with Crippen molar-refractivity contribution in [2.45, 2.75) is 12.6 Å². The van der Waals surface area contributed by atoms with E-state index in [0.717, 1.165) is 29.8 Å². The van der Waals surface area contributed by atoms with Gasteiger partial charge >= 0.3 is 6.18 Å². The van der Waals surface area contributed by atoms with E-state index in [1.54, 1.807) is 4.90 Å². The molecule has 0 saturated carbocycles. The maximum atomic E-state index is 12.8. The first-order valence-corrected chi connectivity index (χ1v) is 8.58. The number of amides is 1. The molecule has 3 aromatic rings. The molecule has 0 radical (unpaired) electrons. The van der Waals surface area contributed by atoms with Gasteiger partial charge in [0.2, 0.25) is 5.95 Å². The van der Waals surface area contributed by atoms with Crippen LogP contribution in [0.25, 0.3) is 0 Å². The van der Waals surface area contributed by atoms with Gasteiger partial charge in [0.15, 0.2) is 0 Å². The number of hydrogen-bond acceptors (Lipinski definition) is 4. The van der Waals surface area contributed by atoms with Gasteiger partial charge in [-0.2, -0.15) is 13.2 Å². The van der Waals surface area contributed by atoms with Gasteiger partial charge in [-0.15, -0.1) is 0 Å².